The molecule has 0 aromatic heterocycles. The molecule has 0 amide bonds. The van der Waals surface area contributed by atoms with E-state index in [-0.39, 0.29) is 0 Å². The predicted octanol–water partition coefficient (Wildman–Crippen LogP) is 4.88. The van der Waals surface area contributed by atoms with Crippen LogP contribution in [-0.2, 0) is 0 Å². The number of rotatable bonds is 2. The fourth-order valence-corrected chi connectivity index (χ4v) is 2.14. The van der Waals surface area contributed by atoms with Crippen LogP contribution in [0.15, 0.2) is 53.0 Å². The van der Waals surface area contributed by atoms with E-state index in [4.69, 9.17) is 17.0 Å². The average Bonchev–Trinajstić information content (AvgIpc) is 2.33. The second-order valence-electron chi connectivity index (χ2n) is 3.77. The molecule has 0 saturated heterocycles. The number of ether oxygens (including phenoxy) is 1. The Morgan fingerprint density at radius 1 is 1.24 bits per heavy atom. The van der Waals surface area contributed by atoms with E-state index in [0.29, 0.717) is 5.05 Å². The van der Waals surface area contributed by atoms with E-state index in [1.54, 1.807) is 0 Å². The molecular formula is C14H11BrOS. The van der Waals surface area contributed by atoms with E-state index >= 15 is 0 Å². The number of hydrogen-bond acceptors (Lipinski definition) is 2. The smallest absolute Gasteiger partial charge is 0.193 e. The Morgan fingerprint density at radius 2 is 1.94 bits per heavy atom. The van der Waals surface area contributed by atoms with Crippen LogP contribution in [0.5, 0.6) is 5.75 Å². The molecule has 3 heteroatoms. The molecule has 2 rings (SSSR count). The van der Waals surface area contributed by atoms with Crippen molar-refractivity contribution in [3.63, 3.8) is 0 Å². The SMILES string of the molecule is C=C(C)C(=S)Oc1ccc2ccccc2c1Br. The zero-order valence-electron chi connectivity index (χ0n) is 9.37. The van der Waals surface area contributed by atoms with Gasteiger partial charge in [-0.25, -0.2) is 0 Å². The molecule has 17 heavy (non-hydrogen) atoms. The van der Waals surface area contributed by atoms with Gasteiger partial charge in [0.1, 0.15) is 5.75 Å². The summed E-state index contributed by atoms with van der Waals surface area (Å²) in [6.07, 6.45) is 0. The highest BCUT2D eigenvalue weighted by Gasteiger charge is 2.08. The highest BCUT2D eigenvalue weighted by atomic mass is 79.9. The van der Waals surface area contributed by atoms with Crippen LogP contribution in [0, 0.1) is 0 Å². The molecule has 0 radical (unpaired) electrons. The van der Waals surface area contributed by atoms with E-state index < -0.39 is 0 Å². The van der Waals surface area contributed by atoms with Crippen molar-refractivity contribution in [1.82, 2.24) is 0 Å². The molecule has 1 nitrogen and oxygen atoms in total. The summed E-state index contributed by atoms with van der Waals surface area (Å²) in [4.78, 5) is 0. The summed E-state index contributed by atoms with van der Waals surface area (Å²) in [5, 5.41) is 2.68. The van der Waals surface area contributed by atoms with Crippen LogP contribution >= 0.6 is 28.1 Å². The van der Waals surface area contributed by atoms with Crippen molar-refractivity contribution in [3.8, 4) is 5.75 Å². The number of halogens is 1. The molecule has 0 N–H and O–H groups in total. The molecule has 0 atom stereocenters. The third-order valence-corrected chi connectivity index (χ3v) is 3.63. The quantitative estimate of drug-likeness (QED) is 0.577. The maximum atomic E-state index is 5.60. The lowest BCUT2D eigenvalue weighted by molar-refractivity contribution is 0.562. The number of thiocarbonyl (C=S) groups is 1. The van der Waals surface area contributed by atoms with Crippen LogP contribution in [0.4, 0.5) is 0 Å². The maximum absolute atomic E-state index is 5.60. The van der Waals surface area contributed by atoms with Crippen LogP contribution in [-0.4, -0.2) is 5.05 Å². The lowest BCUT2D eigenvalue weighted by atomic mass is 10.1. The minimum absolute atomic E-state index is 0.418. The van der Waals surface area contributed by atoms with Crippen LogP contribution < -0.4 is 4.74 Å². The maximum Gasteiger partial charge on any atom is 0.193 e. The predicted molar refractivity (Wildman–Crippen MR) is 79.7 cm³/mol. The third-order valence-electron chi connectivity index (χ3n) is 2.38. The zero-order chi connectivity index (χ0) is 12.4. The van der Waals surface area contributed by atoms with E-state index in [2.05, 4.69) is 28.6 Å². The van der Waals surface area contributed by atoms with Crippen molar-refractivity contribution in [3.05, 3.63) is 53.0 Å². The second-order valence-corrected chi connectivity index (χ2v) is 4.93. The van der Waals surface area contributed by atoms with E-state index in [1.807, 2.05) is 37.3 Å². The molecule has 0 spiro atoms. The molecule has 0 unspecified atom stereocenters. The number of hydrogen-bond donors (Lipinski definition) is 0. The van der Waals surface area contributed by atoms with Gasteiger partial charge < -0.3 is 4.74 Å². The van der Waals surface area contributed by atoms with Gasteiger partial charge >= 0.3 is 0 Å². The Bertz CT molecular complexity index is 604. The Morgan fingerprint density at radius 3 is 2.65 bits per heavy atom. The highest BCUT2D eigenvalue weighted by Crippen LogP contribution is 2.33. The summed E-state index contributed by atoms with van der Waals surface area (Å²) in [6.45, 7) is 5.59. The molecule has 0 heterocycles. The Labute approximate surface area is 114 Å². The van der Waals surface area contributed by atoms with Crippen LogP contribution in [0.3, 0.4) is 0 Å². The number of benzene rings is 2. The lowest BCUT2D eigenvalue weighted by Crippen LogP contribution is -2.05. The summed E-state index contributed by atoms with van der Waals surface area (Å²) in [7, 11) is 0. The van der Waals surface area contributed by atoms with Gasteiger partial charge in [-0.3, -0.25) is 0 Å². The molecular weight excluding hydrogens is 296 g/mol. The summed E-state index contributed by atoms with van der Waals surface area (Å²) in [5.74, 6) is 0.719. The van der Waals surface area contributed by atoms with E-state index in [1.165, 1.54) is 0 Å². The van der Waals surface area contributed by atoms with Crippen molar-refractivity contribution in [1.29, 1.82) is 0 Å². The minimum Gasteiger partial charge on any atom is -0.444 e. The molecule has 0 aliphatic rings. The van der Waals surface area contributed by atoms with Crippen molar-refractivity contribution in [2.24, 2.45) is 0 Å². The first kappa shape index (κ1) is 12.3. The average molecular weight is 307 g/mol. The van der Waals surface area contributed by atoms with Gasteiger partial charge in [-0.15, -0.1) is 0 Å². The summed E-state index contributed by atoms with van der Waals surface area (Å²) in [6, 6.07) is 12.0. The first-order valence-corrected chi connectivity index (χ1v) is 6.34. The molecule has 2 aromatic carbocycles. The van der Waals surface area contributed by atoms with Gasteiger partial charge in [-0.1, -0.05) is 36.9 Å². The molecule has 0 saturated carbocycles. The fraction of sp³-hybridized carbons (Fsp3) is 0.0714. The fourth-order valence-electron chi connectivity index (χ4n) is 1.48. The molecule has 0 fully saturated rings. The van der Waals surface area contributed by atoms with Gasteiger partial charge in [0.15, 0.2) is 5.05 Å². The van der Waals surface area contributed by atoms with Crippen LogP contribution in [0.1, 0.15) is 6.92 Å². The van der Waals surface area contributed by atoms with Gasteiger partial charge in [0.2, 0.25) is 0 Å². The van der Waals surface area contributed by atoms with E-state index in [9.17, 15) is 0 Å². The zero-order valence-corrected chi connectivity index (χ0v) is 11.8. The first-order chi connectivity index (χ1) is 8.09. The Kier molecular flexibility index (Phi) is 3.60. The summed E-state index contributed by atoms with van der Waals surface area (Å²) < 4.78 is 6.52. The Hall–Kier alpha value is -1.19. The van der Waals surface area contributed by atoms with Crippen molar-refractivity contribution in [2.45, 2.75) is 6.92 Å². The van der Waals surface area contributed by atoms with Gasteiger partial charge in [-0.2, -0.15) is 0 Å². The first-order valence-electron chi connectivity index (χ1n) is 5.14. The van der Waals surface area contributed by atoms with Crippen molar-refractivity contribution in [2.75, 3.05) is 0 Å². The monoisotopic (exact) mass is 306 g/mol. The molecule has 0 aliphatic carbocycles. The lowest BCUT2D eigenvalue weighted by Gasteiger charge is -2.10. The third kappa shape index (κ3) is 2.56. The minimum atomic E-state index is 0.418. The van der Waals surface area contributed by atoms with E-state index in [0.717, 1.165) is 26.6 Å². The van der Waals surface area contributed by atoms with Gasteiger partial charge in [0.25, 0.3) is 0 Å². The Balaban J connectivity index is 2.46. The largest absolute Gasteiger partial charge is 0.444 e. The molecule has 86 valence electrons. The van der Waals surface area contributed by atoms with Crippen LogP contribution in [0.25, 0.3) is 10.8 Å². The highest BCUT2D eigenvalue weighted by molar-refractivity contribution is 9.10. The normalized spacial score (nSPS) is 10.2. The van der Waals surface area contributed by atoms with Crippen molar-refractivity contribution < 1.29 is 4.74 Å². The van der Waals surface area contributed by atoms with Crippen molar-refractivity contribution >= 4 is 44.0 Å². The summed E-state index contributed by atoms with van der Waals surface area (Å²) >= 11 is 8.64. The topological polar surface area (TPSA) is 9.23 Å². The van der Waals surface area contributed by atoms with Gasteiger partial charge in [-0.05, 0) is 57.5 Å². The van der Waals surface area contributed by atoms with Gasteiger partial charge in [0.05, 0.1) is 4.47 Å². The van der Waals surface area contributed by atoms with Crippen LogP contribution in [0.2, 0.25) is 0 Å². The molecule has 2 aromatic rings. The molecule has 0 bridgehead atoms. The standard InChI is InChI=1S/C14H11BrOS/c1-9(2)14(17)16-12-8-7-10-5-3-4-6-11(10)13(12)15/h3-8H,1H2,2H3. The second kappa shape index (κ2) is 4.98. The molecule has 0 aliphatic heterocycles. The van der Waals surface area contributed by atoms with Gasteiger partial charge in [0, 0.05) is 0 Å². The number of fused-ring (bicyclic) bond motifs is 1. The summed E-state index contributed by atoms with van der Waals surface area (Å²) in [5.41, 5.74) is 0.750.